The molecule has 15 heavy (non-hydrogen) atoms. The minimum absolute atomic E-state index is 0.183. The monoisotopic (exact) mass is 275 g/mol. The number of methoxy groups -OCH3 is 1. The summed E-state index contributed by atoms with van der Waals surface area (Å²) in [5.41, 5.74) is 0. The standard InChI is InChI=1S/C10H14BrNO3/c1-14-7-8(11)4-5-12-10(13)9-3-2-6-15-9/h2-3,6,8H,4-5,7H2,1H3,(H,12,13). The molecule has 0 bridgehead atoms. The third-order valence-electron chi connectivity index (χ3n) is 1.84. The van der Waals surface area contributed by atoms with Crippen molar-refractivity contribution in [3.8, 4) is 0 Å². The van der Waals surface area contributed by atoms with Gasteiger partial charge in [-0.1, -0.05) is 15.9 Å². The van der Waals surface area contributed by atoms with E-state index in [1.165, 1.54) is 6.26 Å². The second-order valence-electron chi connectivity index (χ2n) is 3.07. The second kappa shape index (κ2) is 6.63. The number of furan rings is 1. The Morgan fingerprint density at radius 1 is 1.73 bits per heavy atom. The molecule has 1 atom stereocenters. The average molecular weight is 276 g/mol. The first-order valence-corrected chi connectivity index (χ1v) is 5.60. The Balaban J connectivity index is 2.18. The summed E-state index contributed by atoms with van der Waals surface area (Å²) in [6, 6.07) is 3.32. The topological polar surface area (TPSA) is 51.5 Å². The summed E-state index contributed by atoms with van der Waals surface area (Å²) in [7, 11) is 1.65. The Morgan fingerprint density at radius 3 is 3.13 bits per heavy atom. The van der Waals surface area contributed by atoms with Crippen LogP contribution in [0.25, 0.3) is 0 Å². The zero-order valence-electron chi connectivity index (χ0n) is 8.53. The molecule has 0 saturated carbocycles. The molecule has 0 radical (unpaired) electrons. The molecule has 1 heterocycles. The molecule has 1 rings (SSSR count). The molecule has 5 heteroatoms. The molecule has 0 aromatic carbocycles. The fourth-order valence-electron chi connectivity index (χ4n) is 1.10. The third kappa shape index (κ3) is 4.48. The lowest BCUT2D eigenvalue weighted by atomic mass is 10.3. The number of ether oxygens (including phenoxy) is 1. The van der Waals surface area contributed by atoms with Crippen molar-refractivity contribution in [2.24, 2.45) is 0 Å². The van der Waals surface area contributed by atoms with Gasteiger partial charge in [0.1, 0.15) is 0 Å². The summed E-state index contributed by atoms with van der Waals surface area (Å²) in [4.78, 5) is 11.7. The molecule has 0 aliphatic carbocycles. The van der Waals surface area contributed by atoms with Gasteiger partial charge in [0.2, 0.25) is 0 Å². The SMILES string of the molecule is COCC(Br)CCNC(=O)c1ccco1. The number of hydrogen-bond donors (Lipinski definition) is 1. The van der Waals surface area contributed by atoms with Crippen molar-refractivity contribution in [2.75, 3.05) is 20.3 Å². The Labute approximate surface area is 97.1 Å². The van der Waals surface area contributed by atoms with E-state index >= 15 is 0 Å². The normalized spacial score (nSPS) is 12.4. The van der Waals surface area contributed by atoms with Crippen molar-refractivity contribution in [2.45, 2.75) is 11.2 Å². The van der Waals surface area contributed by atoms with Gasteiger partial charge in [0.25, 0.3) is 5.91 Å². The Kier molecular flexibility index (Phi) is 5.42. The summed E-state index contributed by atoms with van der Waals surface area (Å²) in [6.07, 6.45) is 2.30. The van der Waals surface area contributed by atoms with Crippen molar-refractivity contribution in [1.29, 1.82) is 0 Å². The molecule has 4 nitrogen and oxygen atoms in total. The predicted molar refractivity (Wildman–Crippen MR) is 60.2 cm³/mol. The highest BCUT2D eigenvalue weighted by Gasteiger charge is 2.08. The first-order chi connectivity index (χ1) is 7.24. The molecule has 1 amide bonds. The van der Waals surface area contributed by atoms with Gasteiger partial charge in [-0.3, -0.25) is 4.79 Å². The highest BCUT2D eigenvalue weighted by molar-refractivity contribution is 9.09. The highest BCUT2D eigenvalue weighted by Crippen LogP contribution is 2.04. The fourth-order valence-corrected chi connectivity index (χ4v) is 1.59. The first kappa shape index (κ1) is 12.3. The molecule has 1 unspecified atom stereocenters. The summed E-state index contributed by atoms with van der Waals surface area (Å²) < 4.78 is 9.91. The molecule has 0 fully saturated rings. The molecule has 84 valence electrons. The van der Waals surface area contributed by atoms with Gasteiger partial charge >= 0.3 is 0 Å². The van der Waals surface area contributed by atoms with Gasteiger partial charge in [-0.25, -0.2) is 0 Å². The number of nitrogens with one attached hydrogen (secondary N) is 1. The van der Waals surface area contributed by atoms with E-state index in [-0.39, 0.29) is 10.7 Å². The maximum Gasteiger partial charge on any atom is 0.286 e. The highest BCUT2D eigenvalue weighted by atomic mass is 79.9. The molecular weight excluding hydrogens is 262 g/mol. The van der Waals surface area contributed by atoms with E-state index in [2.05, 4.69) is 21.2 Å². The molecule has 1 aromatic rings. The number of carbonyl (C=O) groups excluding carboxylic acids is 1. The largest absolute Gasteiger partial charge is 0.459 e. The quantitative estimate of drug-likeness (QED) is 0.806. The van der Waals surface area contributed by atoms with Crippen LogP contribution in [0.2, 0.25) is 0 Å². The van der Waals surface area contributed by atoms with Crippen molar-refractivity contribution in [3.63, 3.8) is 0 Å². The van der Waals surface area contributed by atoms with Crippen LogP contribution in [0.3, 0.4) is 0 Å². The van der Waals surface area contributed by atoms with E-state index in [0.717, 1.165) is 6.42 Å². The molecule has 1 aromatic heterocycles. The van der Waals surface area contributed by atoms with Gasteiger partial charge in [0, 0.05) is 18.5 Å². The van der Waals surface area contributed by atoms with Gasteiger partial charge in [0.05, 0.1) is 12.9 Å². The minimum Gasteiger partial charge on any atom is -0.459 e. The van der Waals surface area contributed by atoms with Gasteiger partial charge in [-0.05, 0) is 18.6 Å². The maximum absolute atomic E-state index is 11.4. The zero-order valence-corrected chi connectivity index (χ0v) is 10.1. The Bertz CT molecular complexity index is 287. The number of amides is 1. The molecule has 0 aliphatic rings. The van der Waals surface area contributed by atoms with Crippen LogP contribution in [0.5, 0.6) is 0 Å². The smallest absolute Gasteiger partial charge is 0.286 e. The van der Waals surface area contributed by atoms with Crippen LogP contribution < -0.4 is 5.32 Å². The van der Waals surface area contributed by atoms with Crippen LogP contribution in [0, 0.1) is 0 Å². The molecular formula is C10H14BrNO3. The Hall–Kier alpha value is -0.810. The Morgan fingerprint density at radius 2 is 2.53 bits per heavy atom. The fraction of sp³-hybridized carbons (Fsp3) is 0.500. The molecule has 1 N–H and O–H groups in total. The van der Waals surface area contributed by atoms with E-state index < -0.39 is 0 Å². The van der Waals surface area contributed by atoms with E-state index in [1.54, 1.807) is 19.2 Å². The van der Waals surface area contributed by atoms with Crippen molar-refractivity contribution >= 4 is 21.8 Å². The lowest BCUT2D eigenvalue weighted by Crippen LogP contribution is -2.26. The van der Waals surface area contributed by atoms with Crippen LogP contribution in [0.15, 0.2) is 22.8 Å². The van der Waals surface area contributed by atoms with Crippen LogP contribution >= 0.6 is 15.9 Å². The summed E-state index contributed by atoms with van der Waals surface area (Å²) in [6.45, 7) is 1.23. The minimum atomic E-state index is -0.183. The van der Waals surface area contributed by atoms with Gasteiger partial charge in [0.15, 0.2) is 5.76 Å². The maximum atomic E-state index is 11.4. The van der Waals surface area contributed by atoms with Gasteiger partial charge in [-0.2, -0.15) is 0 Å². The summed E-state index contributed by atoms with van der Waals surface area (Å²) in [5.74, 6) is 0.157. The number of carbonyl (C=O) groups is 1. The van der Waals surface area contributed by atoms with E-state index in [1.807, 2.05) is 0 Å². The lowest BCUT2D eigenvalue weighted by molar-refractivity contribution is 0.0924. The van der Waals surface area contributed by atoms with Crippen LogP contribution in [-0.2, 0) is 4.74 Å². The van der Waals surface area contributed by atoms with Crippen molar-refractivity contribution in [3.05, 3.63) is 24.2 Å². The second-order valence-corrected chi connectivity index (χ2v) is 4.37. The number of alkyl halides is 1. The van der Waals surface area contributed by atoms with Crippen LogP contribution in [-0.4, -0.2) is 31.0 Å². The molecule has 0 aliphatic heterocycles. The molecule has 0 spiro atoms. The van der Waals surface area contributed by atoms with Gasteiger partial charge < -0.3 is 14.5 Å². The van der Waals surface area contributed by atoms with E-state index in [9.17, 15) is 4.79 Å². The summed E-state index contributed by atoms with van der Waals surface area (Å²) in [5, 5.41) is 2.76. The molecule has 0 saturated heterocycles. The predicted octanol–water partition coefficient (Wildman–Crippen LogP) is 1.81. The average Bonchev–Trinajstić information content (AvgIpc) is 2.70. The van der Waals surface area contributed by atoms with Crippen LogP contribution in [0.4, 0.5) is 0 Å². The summed E-state index contributed by atoms with van der Waals surface area (Å²) >= 11 is 3.44. The third-order valence-corrected chi connectivity index (χ3v) is 2.56. The van der Waals surface area contributed by atoms with Crippen molar-refractivity contribution < 1.29 is 13.9 Å². The van der Waals surface area contributed by atoms with Crippen molar-refractivity contribution in [1.82, 2.24) is 5.32 Å². The van der Waals surface area contributed by atoms with Crippen LogP contribution in [0.1, 0.15) is 17.0 Å². The van der Waals surface area contributed by atoms with Gasteiger partial charge in [-0.15, -0.1) is 0 Å². The van der Waals surface area contributed by atoms with E-state index in [4.69, 9.17) is 9.15 Å². The number of halogens is 1. The number of rotatable bonds is 6. The number of hydrogen-bond acceptors (Lipinski definition) is 3. The first-order valence-electron chi connectivity index (χ1n) is 4.68. The zero-order chi connectivity index (χ0) is 11.1. The lowest BCUT2D eigenvalue weighted by Gasteiger charge is -2.08. The van der Waals surface area contributed by atoms with E-state index in [0.29, 0.717) is 18.9 Å².